The smallest absolute Gasteiger partial charge is 0.255 e. The Morgan fingerprint density at radius 2 is 2.42 bits per heavy atom. The lowest BCUT2D eigenvalue weighted by molar-refractivity contribution is -0.0855. The highest BCUT2D eigenvalue weighted by Gasteiger charge is 2.17. The molecule has 1 fully saturated rings. The van der Waals surface area contributed by atoms with Gasteiger partial charge in [-0.2, -0.15) is 0 Å². The zero-order valence-corrected chi connectivity index (χ0v) is 11.0. The first-order chi connectivity index (χ1) is 9.31. The summed E-state index contributed by atoms with van der Waals surface area (Å²) in [6.45, 7) is 4.85. The van der Waals surface area contributed by atoms with E-state index in [1.54, 1.807) is 18.3 Å². The number of anilines is 1. The number of carbonyl (C=O) groups is 1. The molecule has 2 heterocycles. The first-order valence-electron chi connectivity index (χ1n) is 6.47. The molecular weight excluding hydrogens is 246 g/mol. The van der Waals surface area contributed by atoms with E-state index in [0.717, 1.165) is 6.54 Å². The summed E-state index contributed by atoms with van der Waals surface area (Å²) in [5.74, 6) is 0.446. The molecule has 0 bridgehead atoms. The molecule has 0 spiro atoms. The van der Waals surface area contributed by atoms with Crippen LogP contribution >= 0.6 is 0 Å². The van der Waals surface area contributed by atoms with Crippen LogP contribution in [0, 0.1) is 0 Å². The highest BCUT2D eigenvalue weighted by atomic mass is 16.6. The zero-order chi connectivity index (χ0) is 13.5. The molecule has 104 valence electrons. The monoisotopic (exact) mass is 265 g/mol. The molecule has 1 aliphatic heterocycles. The van der Waals surface area contributed by atoms with Crippen molar-refractivity contribution in [1.29, 1.82) is 0 Å². The minimum atomic E-state index is -0.154. The highest BCUT2D eigenvalue weighted by Crippen LogP contribution is 2.11. The molecule has 1 atom stereocenters. The molecule has 1 amide bonds. The maximum absolute atomic E-state index is 12.1. The van der Waals surface area contributed by atoms with E-state index < -0.39 is 0 Å². The number of aromatic nitrogens is 1. The second-order valence-corrected chi connectivity index (χ2v) is 4.21. The van der Waals surface area contributed by atoms with Crippen LogP contribution in [-0.2, 0) is 9.47 Å². The van der Waals surface area contributed by atoms with Gasteiger partial charge in [0.15, 0.2) is 0 Å². The summed E-state index contributed by atoms with van der Waals surface area (Å²) >= 11 is 0. The number of hydrogen-bond acceptors (Lipinski definition) is 5. The third-order valence-corrected chi connectivity index (χ3v) is 2.77. The second kappa shape index (κ2) is 7.06. The molecule has 2 rings (SSSR count). The minimum Gasteiger partial charge on any atom is -0.376 e. The normalized spacial score (nSPS) is 18.9. The second-order valence-electron chi connectivity index (χ2n) is 4.21. The van der Waals surface area contributed by atoms with Crippen LogP contribution in [0.25, 0.3) is 0 Å². The highest BCUT2D eigenvalue weighted by molar-refractivity contribution is 5.98. The standard InChI is InChI=1S/C13H19N3O3/c1-2-14-12-11(4-3-5-15-12)13(17)16-8-10-9-18-6-7-19-10/h3-5,10H,2,6-9H2,1H3,(H,14,15)(H,16,17). The molecule has 1 aromatic heterocycles. The maximum atomic E-state index is 12.1. The van der Waals surface area contributed by atoms with E-state index in [-0.39, 0.29) is 12.0 Å². The zero-order valence-electron chi connectivity index (χ0n) is 11.0. The van der Waals surface area contributed by atoms with Crippen molar-refractivity contribution in [3.05, 3.63) is 23.9 Å². The number of nitrogens with one attached hydrogen (secondary N) is 2. The predicted octanol–water partition coefficient (Wildman–Crippen LogP) is 0.659. The molecule has 2 N–H and O–H groups in total. The largest absolute Gasteiger partial charge is 0.376 e. The Morgan fingerprint density at radius 1 is 1.53 bits per heavy atom. The van der Waals surface area contributed by atoms with Crippen LogP contribution in [0.15, 0.2) is 18.3 Å². The van der Waals surface area contributed by atoms with Crippen molar-refractivity contribution in [2.75, 3.05) is 38.2 Å². The van der Waals surface area contributed by atoms with Crippen molar-refractivity contribution in [1.82, 2.24) is 10.3 Å². The molecular formula is C13H19N3O3. The molecule has 0 saturated carbocycles. The van der Waals surface area contributed by atoms with Crippen LogP contribution in [0.4, 0.5) is 5.82 Å². The number of ether oxygens (including phenoxy) is 2. The van der Waals surface area contributed by atoms with Gasteiger partial charge in [-0.15, -0.1) is 0 Å². The van der Waals surface area contributed by atoms with Gasteiger partial charge in [0, 0.05) is 19.3 Å². The Hall–Kier alpha value is -1.66. The van der Waals surface area contributed by atoms with Crippen LogP contribution < -0.4 is 10.6 Å². The van der Waals surface area contributed by atoms with E-state index in [9.17, 15) is 4.79 Å². The lowest BCUT2D eigenvalue weighted by Crippen LogP contribution is -2.39. The summed E-state index contributed by atoms with van der Waals surface area (Å²) in [5, 5.41) is 5.91. The summed E-state index contributed by atoms with van der Waals surface area (Å²) in [5.41, 5.74) is 0.543. The molecule has 6 heteroatoms. The van der Waals surface area contributed by atoms with Gasteiger partial charge in [-0.05, 0) is 19.1 Å². The van der Waals surface area contributed by atoms with E-state index in [4.69, 9.17) is 9.47 Å². The number of amides is 1. The van der Waals surface area contributed by atoms with Gasteiger partial charge < -0.3 is 20.1 Å². The Labute approximate surface area is 112 Å². The van der Waals surface area contributed by atoms with Crippen molar-refractivity contribution in [2.24, 2.45) is 0 Å². The molecule has 0 radical (unpaired) electrons. The number of pyridine rings is 1. The fourth-order valence-corrected chi connectivity index (χ4v) is 1.85. The summed E-state index contributed by atoms with van der Waals surface area (Å²) in [7, 11) is 0. The van der Waals surface area contributed by atoms with Gasteiger partial charge in [0.25, 0.3) is 5.91 Å². The fraction of sp³-hybridized carbons (Fsp3) is 0.538. The quantitative estimate of drug-likeness (QED) is 0.818. The maximum Gasteiger partial charge on any atom is 0.255 e. The van der Waals surface area contributed by atoms with Crippen molar-refractivity contribution in [2.45, 2.75) is 13.0 Å². The van der Waals surface area contributed by atoms with Crippen molar-refractivity contribution in [3.63, 3.8) is 0 Å². The van der Waals surface area contributed by atoms with Crippen LogP contribution in [0.2, 0.25) is 0 Å². The summed E-state index contributed by atoms with van der Waals surface area (Å²) in [6.07, 6.45) is 1.59. The minimum absolute atomic E-state index is 0.0723. The Morgan fingerprint density at radius 3 is 3.16 bits per heavy atom. The average Bonchev–Trinajstić information content (AvgIpc) is 2.47. The molecule has 0 aromatic carbocycles. The fourth-order valence-electron chi connectivity index (χ4n) is 1.85. The van der Waals surface area contributed by atoms with E-state index in [1.165, 1.54) is 0 Å². The molecule has 1 unspecified atom stereocenters. The number of rotatable bonds is 5. The average molecular weight is 265 g/mol. The first kappa shape index (κ1) is 13.8. The van der Waals surface area contributed by atoms with Gasteiger partial charge in [-0.1, -0.05) is 0 Å². The molecule has 1 aliphatic rings. The Balaban J connectivity index is 1.91. The molecule has 0 aliphatic carbocycles. The van der Waals surface area contributed by atoms with Gasteiger partial charge in [-0.25, -0.2) is 4.98 Å². The third-order valence-electron chi connectivity index (χ3n) is 2.77. The Kier molecular flexibility index (Phi) is 5.11. The van der Waals surface area contributed by atoms with E-state index in [2.05, 4.69) is 15.6 Å². The molecule has 19 heavy (non-hydrogen) atoms. The topological polar surface area (TPSA) is 72.5 Å². The summed E-state index contributed by atoms with van der Waals surface area (Å²) in [6, 6.07) is 3.49. The van der Waals surface area contributed by atoms with Gasteiger partial charge in [0.2, 0.25) is 0 Å². The van der Waals surface area contributed by atoms with Crippen LogP contribution in [0.3, 0.4) is 0 Å². The molecule has 6 nitrogen and oxygen atoms in total. The van der Waals surface area contributed by atoms with E-state index >= 15 is 0 Å². The first-order valence-corrected chi connectivity index (χ1v) is 6.47. The van der Waals surface area contributed by atoms with Crippen LogP contribution in [0.5, 0.6) is 0 Å². The summed E-state index contributed by atoms with van der Waals surface area (Å²) in [4.78, 5) is 16.3. The molecule has 1 aromatic rings. The third kappa shape index (κ3) is 3.90. The Bertz CT molecular complexity index is 419. The van der Waals surface area contributed by atoms with Gasteiger partial charge >= 0.3 is 0 Å². The van der Waals surface area contributed by atoms with E-state index in [0.29, 0.717) is 37.7 Å². The summed E-state index contributed by atoms with van der Waals surface area (Å²) < 4.78 is 10.8. The number of hydrogen-bond donors (Lipinski definition) is 2. The van der Waals surface area contributed by atoms with Crippen LogP contribution in [0.1, 0.15) is 17.3 Å². The van der Waals surface area contributed by atoms with Gasteiger partial charge in [0.1, 0.15) is 5.82 Å². The van der Waals surface area contributed by atoms with Crippen molar-refractivity contribution < 1.29 is 14.3 Å². The van der Waals surface area contributed by atoms with Crippen LogP contribution in [-0.4, -0.2) is 49.9 Å². The number of nitrogens with zero attached hydrogens (tertiary/aromatic N) is 1. The number of carbonyl (C=O) groups excluding carboxylic acids is 1. The van der Waals surface area contributed by atoms with Gasteiger partial charge in [-0.3, -0.25) is 4.79 Å². The predicted molar refractivity (Wildman–Crippen MR) is 71.3 cm³/mol. The SMILES string of the molecule is CCNc1ncccc1C(=O)NCC1COCCO1. The van der Waals surface area contributed by atoms with Crippen molar-refractivity contribution in [3.8, 4) is 0 Å². The van der Waals surface area contributed by atoms with Crippen molar-refractivity contribution >= 4 is 11.7 Å². The lowest BCUT2D eigenvalue weighted by Gasteiger charge is -2.23. The van der Waals surface area contributed by atoms with E-state index in [1.807, 2.05) is 6.92 Å². The van der Waals surface area contributed by atoms with Gasteiger partial charge in [0.05, 0.1) is 31.5 Å². The lowest BCUT2D eigenvalue weighted by atomic mass is 10.2. The molecule has 1 saturated heterocycles.